The lowest BCUT2D eigenvalue weighted by Crippen LogP contribution is -2.28. The zero-order valence-corrected chi connectivity index (χ0v) is 10.0. The molecule has 0 atom stereocenters. The SMILES string of the molecule is CC(C)CCN(C)C(=O)c1nnc(N)s1. The minimum Gasteiger partial charge on any atom is -0.374 e. The molecule has 1 aromatic heterocycles. The normalized spacial score (nSPS) is 10.7. The zero-order chi connectivity index (χ0) is 11.4. The second-order valence-electron chi connectivity index (χ2n) is 3.85. The van der Waals surface area contributed by atoms with Crippen molar-refractivity contribution in [3.05, 3.63) is 5.01 Å². The van der Waals surface area contributed by atoms with Crippen LogP contribution in [0.15, 0.2) is 0 Å². The van der Waals surface area contributed by atoms with E-state index < -0.39 is 0 Å². The van der Waals surface area contributed by atoms with Gasteiger partial charge >= 0.3 is 0 Å². The molecule has 0 spiro atoms. The lowest BCUT2D eigenvalue weighted by molar-refractivity contribution is 0.0788. The molecule has 0 bridgehead atoms. The standard InChI is InChI=1S/C9H16N4OS/c1-6(2)4-5-13(3)8(14)7-11-12-9(10)15-7/h6H,4-5H2,1-3H3,(H2,10,12). The summed E-state index contributed by atoms with van der Waals surface area (Å²) in [7, 11) is 1.77. The Morgan fingerprint density at radius 1 is 1.53 bits per heavy atom. The Bertz CT molecular complexity index is 337. The maximum Gasteiger partial charge on any atom is 0.284 e. The predicted octanol–water partition coefficient (Wildman–Crippen LogP) is 1.24. The van der Waals surface area contributed by atoms with Crippen LogP contribution in [0.25, 0.3) is 0 Å². The first-order chi connectivity index (χ1) is 7.00. The number of nitrogens with zero attached hydrogens (tertiary/aromatic N) is 3. The van der Waals surface area contributed by atoms with E-state index in [0.29, 0.717) is 16.1 Å². The van der Waals surface area contributed by atoms with Gasteiger partial charge in [0, 0.05) is 13.6 Å². The van der Waals surface area contributed by atoms with E-state index in [0.717, 1.165) is 24.3 Å². The molecule has 0 aliphatic rings. The molecule has 1 heterocycles. The Kier molecular flexibility index (Phi) is 4.02. The molecular formula is C9H16N4OS. The predicted molar refractivity (Wildman–Crippen MR) is 60.7 cm³/mol. The van der Waals surface area contributed by atoms with Gasteiger partial charge in [-0.3, -0.25) is 4.79 Å². The maximum atomic E-state index is 11.7. The Morgan fingerprint density at radius 3 is 2.67 bits per heavy atom. The van der Waals surface area contributed by atoms with E-state index in [2.05, 4.69) is 24.0 Å². The van der Waals surface area contributed by atoms with Crippen LogP contribution in [0.1, 0.15) is 30.1 Å². The fourth-order valence-electron chi connectivity index (χ4n) is 1.04. The number of nitrogen functional groups attached to an aromatic ring is 1. The third kappa shape index (κ3) is 3.47. The minimum absolute atomic E-state index is 0.107. The molecule has 0 aromatic carbocycles. The van der Waals surface area contributed by atoms with Crippen molar-refractivity contribution < 1.29 is 4.79 Å². The Morgan fingerprint density at radius 2 is 2.20 bits per heavy atom. The van der Waals surface area contributed by atoms with Gasteiger partial charge in [0.25, 0.3) is 5.91 Å². The number of nitrogens with two attached hydrogens (primary N) is 1. The molecule has 0 radical (unpaired) electrons. The number of rotatable bonds is 4. The van der Waals surface area contributed by atoms with Crippen LogP contribution >= 0.6 is 11.3 Å². The summed E-state index contributed by atoms with van der Waals surface area (Å²) in [5.74, 6) is 0.476. The quantitative estimate of drug-likeness (QED) is 0.841. The molecule has 5 nitrogen and oxygen atoms in total. The molecule has 0 fully saturated rings. The van der Waals surface area contributed by atoms with Crippen molar-refractivity contribution in [2.45, 2.75) is 20.3 Å². The summed E-state index contributed by atoms with van der Waals surface area (Å²) in [4.78, 5) is 13.4. The van der Waals surface area contributed by atoms with Crippen molar-refractivity contribution in [3.8, 4) is 0 Å². The molecule has 15 heavy (non-hydrogen) atoms. The molecular weight excluding hydrogens is 212 g/mol. The zero-order valence-electron chi connectivity index (χ0n) is 9.23. The largest absolute Gasteiger partial charge is 0.374 e. The van der Waals surface area contributed by atoms with Crippen LogP contribution in [0.4, 0.5) is 5.13 Å². The van der Waals surface area contributed by atoms with E-state index >= 15 is 0 Å². The Balaban J connectivity index is 2.53. The monoisotopic (exact) mass is 228 g/mol. The summed E-state index contributed by atoms with van der Waals surface area (Å²) in [6, 6.07) is 0. The topological polar surface area (TPSA) is 72.1 Å². The second kappa shape index (κ2) is 5.06. The van der Waals surface area contributed by atoms with Gasteiger partial charge in [-0.1, -0.05) is 25.2 Å². The van der Waals surface area contributed by atoms with Crippen molar-refractivity contribution in [1.82, 2.24) is 15.1 Å². The van der Waals surface area contributed by atoms with E-state index in [4.69, 9.17) is 5.73 Å². The van der Waals surface area contributed by atoms with E-state index in [-0.39, 0.29) is 5.91 Å². The highest BCUT2D eigenvalue weighted by atomic mass is 32.1. The summed E-state index contributed by atoms with van der Waals surface area (Å²) >= 11 is 1.12. The smallest absolute Gasteiger partial charge is 0.284 e. The van der Waals surface area contributed by atoms with Gasteiger partial charge in [0.15, 0.2) is 0 Å². The number of anilines is 1. The van der Waals surface area contributed by atoms with Crippen LogP contribution in [0.5, 0.6) is 0 Å². The number of amides is 1. The lowest BCUT2D eigenvalue weighted by atomic mass is 10.1. The van der Waals surface area contributed by atoms with E-state index in [1.165, 1.54) is 0 Å². The number of hydrogen-bond acceptors (Lipinski definition) is 5. The molecule has 0 saturated carbocycles. The Labute approximate surface area is 93.3 Å². The number of carbonyl (C=O) groups excluding carboxylic acids is 1. The van der Waals surface area contributed by atoms with Crippen LogP contribution in [0, 0.1) is 5.92 Å². The highest BCUT2D eigenvalue weighted by Gasteiger charge is 2.16. The van der Waals surface area contributed by atoms with Gasteiger partial charge in [-0.05, 0) is 12.3 Å². The summed E-state index contributed by atoms with van der Waals surface area (Å²) in [5.41, 5.74) is 5.41. The van der Waals surface area contributed by atoms with Crippen LogP contribution in [0.3, 0.4) is 0 Å². The third-order valence-electron chi connectivity index (χ3n) is 2.01. The van der Waals surface area contributed by atoms with Crippen molar-refractivity contribution in [1.29, 1.82) is 0 Å². The fourth-order valence-corrected chi connectivity index (χ4v) is 1.64. The molecule has 0 saturated heterocycles. The maximum absolute atomic E-state index is 11.7. The molecule has 0 aliphatic heterocycles. The van der Waals surface area contributed by atoms with Crippen molar-refractivity contribution in [3.63, 3.8) is 0 Å². The average molecular weight is 228 g/mol. The summed E-state index contributed by atoms with van der Waals surface area (Å²) < 4.78 is 0. The van der Waals surface area contributed by atoms with E-state index in [9.17, 15) is 4.79 Å². The molecule has 1 aromatic rings. The summed E-state index contributed by atoms with van der Waals surface area (Å²) in [6.07, 6.45) is 0.983. The van der Waals surface area contributed by atoms with Gasteiger partial charge in [0.05, 0.1) is 0 Å². The van der Waals surface area contributed by atoms with E-state index in [1.807, 2.05) is 0 Å². The Hall–Kier alpha value is -1.17. The fraction of sp³-hybridized carbons (Fsp3) is 0.667. The van der Waals surface area contributed by atoms with Crippen LogP contribution in [-0.4, -0.2) is 34.6 Å². The molecule has 84 valence electrons. The highest BCUT2D eigenvalue weighted by molar-refractivity contribution is 7.16. The van der Waals surface area contributed by atoms with Crippen molar-refractivity contribution >= 4 is 22.4 Å². The molecule has 2 N–H and O–H groups in total. The third-order valence-corrected chi connectivity index (χ3v) is 2.75. The number of aromatic nitrogens is 2. The van der Waals surface area contributed by atoms with Gasteiger partial charge in [-0.15, -0.1) is 10.2 Å². The number of carbonyl (C=O) groups is 1. The second-order valence-corrected chi connectivity index (χ2v) is 4.86. The van der Waals surface area contributed by atoms with Crippen LogP contribution in [0.2, 0.25) is 0 Å². The first kappa shape index (κ1) is 11.9. The van der Waals surface area contributed by atoms with Gasteiger partial charge in [-0.25, -0.2) is 0 Å². The van der Waals surface area contributed by atoms with Crippen LogP contribution in [-0.2, 0) is 0 Å². The highest BCUT2D eigenvalue weighted by Crippen LogP contribution is 2.13. The molecule has 6 heteroatoms. The van der Waals surface area contributed by atoms with Gasteiger partial charge in [-0.2, -0.15) is 0 Å². The average Bonchev–Trinajstić information content (AvgIpc) is 2.60. The van der Waals surface area contributed by atoms with Crippen LogP contribution < -0.4 is 5.73 Å². The van der Waals surface area contributed by atoms with Gasteiger partial charge in [0.2, 0.25) is 10.1 Å². The first-order valence-electron chi connectivity index (χ1n) is 4.85. The van der Waals surface area contributed by atoms with Gasteiger partial charge in [0.1, 0.15) is 0 Å². The summed E-state index contributed by atoms with van der Waals surface area (Å²) in [5, 5.41) is 8.02. The minimum atomic E-state index is -0.107. The number of hydrogen-bond donors (Lipinski definition) is 1. The van der Waals surface area contributed by atoms with Crippen molar-refractivity contribution in [2.75, 3.05) is 19.3 Å². The molecule has 1 amide bonds. The van der Waals surface area contributed by atoms with Gasteiger partial charge < -0.3 is 10.6 Å². The lowest BCUT2D eigenvalue weighted by Gasteiger charge is -2.16. The van der Waals surface area contributed by atoms with E-state index in [1.54, 1.807) is 11.9 Å². The molecule has 0 aliphatic carbocycles. The summed E-state index contributed by atoms with van der Waals surface area (Å²) in [6.45, 7) is 4.98. The molecule has 1 rings (SSSR count). The van der Waals surface area contributed by atoms with Crippen molar-refractivity contribution in [2.24, 2.45) is 5.92 Å². The first-order valence-corrected chi connectivity index (χ1v) is 5.66. The molecule has 0 unspecified atom stereocenters.